The van der Waals surface area contributed by atoms with E-state index in [1.807, 2.05) is 68.4 Å². The van der Waals surface area contributed by atoms with E-state index in [2.05, 4.69) is 9.97 Å². The van der Waals surface area contributed by atoms with Crippen LogP contribution >= 0.6 is 0 Å². The van der Waals surface area contributed by atoms with Gasteiger partial charge in [-0.05, 0) is 37.1 Å². The molecule has 0 amide bonds. The van der Waals surface area contributed by atoms with Crippen LogP contribution in [-0.2, 0) is 6.61 Å². The molecule has 0 aliphatic heterocycles. The zero-order chi connectivity index (χ0) is 16.1. The van der Waals surface area contributed by atoms with Crippen molar-refractivity contribution in [1.82, 2.24) is 9.97 Å². The summed E-state index contributed by atoms with van der Waals surface area (Å²) >= 11 is 0. The lowest BCUT2D eigenvalue weighted by molar-refractivity contribution is 0.275. The SMILES string of the molecule is Cc1cccc(Oc2cc(C)nc(OCc3ccccc3)n2)c1. The van der Waals surface area contributed by atoms with Gasteiger partial charge in [-0.15, -0.1) is 0 Å². The minimum absolute atomic E-state index is 0.316. The molecule has 0 fully saturated rings. The van der Waals surface area contributed by atoms with Crippen molar-refractivity contribution >= 4 is 0 Å². The summed E-state index contributed by atoms with van der Waals surface area (Å²) in [5, 5.41) is 0. The summed E-state index contributed by atoms with van der Waals surface area (Å²) in [4.78, 5) is 8.61. The molecule has 0 unspecified atom stereocenters. The molecule has 0 aliphatic carbocycles. The molecule has 23 heavy (non-hydrogen) atoms. The molecule has 0 saturated carbocycles. The van der Waals surface area contributed by atoms with E-state index in [1.165, 1.54) is 0 Å². The van der Waals surface area contributed by atoms with Gasteiger partial charge in [-0.2, -0.15) is 4.98 Å². The summed E-state index contributed by atoms with van der Waals surface area (Å²) in [7, 11) is 0. The predicted molar refractivity (Wildman–Crippen MR) is 88.8 cm³/mol. The number of aromatic nitrogens is 2. The van der Waals surface area contributed by atoms with Crippen LogP contribution in [0.4, 0.5) is 0 Å². The molecular weight excluding hydrogens is 288 g/mol. The fourth-order valence-corrected chi connectivity index (χ4v) is 2.15. The van der Waals surface area contributed by atoms with Crippen LogP contribution in [0.25, 0.3) is 0 Å². The second kappa shape index (κ2) is 6.92. The van der Waals surface area contributed by atoms with E-state index in [9.17, 15) is 0 Å². The highest BCUT2D eigenvalue weighted by Crippen LogP contribution is 2.22. The van der Waals surface area contributed by atoms with Gasteiger partial charge >= 0.3 is 6.01 Å². The van der Waals surface area contributed by atoms with Crippen LogP contribution in [0.2, 0.25) is 0 Å². The summed E-state index contributed by atoms with van der Waals surface area (Å²) in [6, 6.07) is 19.9. The number of benzene rings is 2. The molecule has 0 atom stereocenters. The topological polar surface area (TPSA) is 44.2 Å². The first kappa shape index (κ1) is 15.0. The number of nitrogens with zero attached hydrogens (tertiary/aromatic N) is 2. The Morgan fingerprint density at radius 3 is 2.48 bits per heavy atom. The van der Waals surface area contributed by atoms with E-state index in [1.54, 1.807) is 6.07 Å². The van der Waals surface area contributed by atoms with Crippen molar-refractivity contribution < 1.29 is 9.47 Å². The maximum absolute atomic E-state index is 5.80. The third-order valence-electron chi connectivity index (χ3n) is 3.23. The lowest BCUT2D eigenvalue weighted by atomic mass is 10.2. The molecule has 3 rings (SSSR count). The first-order valence-corrected chi connectivity index (χ1v) is 7.46. The van der Waals surface area contributed by atoms with Gasteiger partial charge < -0.3 is 9.47 Å². The molecule has 2 aromatic carbocycles. The maximum Gasteiger partial charge on any atom is 0.320 e. The number of ether oxygens (including phenoxy) is 2. The Balaban J connectivity index is 1.73. The second-order valence-corrected chi connectivity index (χ2v) is 5.32. The van der Waals surface area contributed by atoms with E-state index in [4.69, 9.17) is 9.47 Å². The average Bonchev–Trinajstić information content (AvgIpc) is 2.53. The molecule has 1 heterocycles. The lowest BCUT2D eigenvalue weighted by Crippen LogP contribution is -2.01. The Hall–Kier alpha value is -2.88. The Labute approximate surface area is 135 Å². The van der Waals surface area contributed by atoms with Crippen LogP contribution in [0, 0.1) is 13.8 Å². The van der Waals surface area contributed by atoms with Gasteiger partial charge in [0.15, 0.2) is 0 Å². The number of rotatable bonds is 5. The average molecular weight is 306 g/mol. The van der Waals surface area contributed by atoms with Crippen molar-refractivity contribution in [3.05, 3.63) is 77.5 Å². The Morgan fingerprint density at radius 1 is 0.870 bits per heavy atom. The van der Waals surface area contributed by atoms with Crippen LogP contribution in [0.15, 0.2) is 60.7 Å². The molecule has 0 radical (unpaired) electrons. The van der Waals surface area contributed by atoms with Crippen molar-refractivity contribution in [1.29, 1.82) is 0 Å². The third-order valence-corrected chi connectivity index (χ3v) is 3.23. The van der Waals surface area contributed by atoms with Crippen molar-refractivity contribution in [2.45, 2.75) is 20.5 Å². The Bertz CT molecular complexity index is 788. The summed E-state index contributed by atoms with van der Waals surface area (Å²) in [5.41, 5.74) is 3.00. The molecule has 4 heteroatoms. The van der Waals surface area contributed by atoms with Gasteiger partial charge in [0.25, 0.3) is 0 Å². The van der Waals surface area contributed by atoms with Crippen LogP contribution in [0.1, 0.15) is 16.8 Å². The molecule has 0 aliphatic rings. The predicted octanol–water partition coefficient (Wildman–Crippen LogP) is 4.46. The van der Waals surface area contributed by atoms with Gasteiger partial charge in [0, 0.05) is 11.8 Å². The minimum Gasteiger partial charge on any atom is -0.459 e. The smallest absolute Gasteiger partial charge is 0.320 e. The maximum atomic E-state index is 5.80. The first-order chi connectivity index (χ1) is 11.2. The fourth-order valence-electron chi connectivity index (χ4n) is 2.15. The van der Waals surface area contributed by atoms with Gasteiger partial charge in [0.2, 0.25) is 5.88 Å². The van der Waals surface area contributed by atoms with Crippen LogP contribution in [-0.4, -0.2) is 9.97 Å². The van der Waals surface area contributed by atoms with Crippen molar-refractivity contribution in [2.75, 3.05) is 0 Å². The summed E-state index contributed by atoms with van der Waals surface area (Å²) in [6.45, 7) is 4.33. The highest BCUT2D eigenvalue weighted by molar-refractivity contribution is 5.31. The van der Waals surface area contributed by atoms with Crippen molar-refractivity contribution in [3.63, 3.8) is 0 Å². The Kier molecular flexibility index (Phi) is 4.52. The summed E-state index contributed by atoms with van der Waals surface area (Å²) in [5.74, 6) is 1.23. The zero-order valence-electron chi connectivity index (χ0n) is 13.2. The van der Waals surface area contributed by atoms with Crippen LogP contribution in [0.5, 0.6) is 17.6 Å². The van der Waals surface area contributed by atoms with Crippen LogP contribution < -0.4 is 9.47 Å². The van der Waals surface area contributed by atoms with Gasteiger partial charge in [0.1, 0.15) is 12.4 Å². The van der Waals surface area contributed by atoms with Crippen molar-refractivity contribution in [2.24, 2.45) is 0 Å². The second-order valence-electron chi connectivity index (χ2n) is 5.32. The summed E-state index contributed by atoms with van der Waals surface area (Å²) < 4.78 is 11.5. The number of hydrogen-bond donors (Lipinski definition) is 0. The van der Waals surface area contributed by atoms with Gasteiger partial charge in [-0.3, -0.25) is 0 Å². The van der Waals surface area contributed by atoms with E-state index in [0.29, 0.717) is 18.5 Å². The fraction of sp³-hybridized carbons (Fsp3) is 0.158. The van der Waals surface area contributed by atoms with Gasteiger partial charge in [-0.1, -0.05) is 42.5 Å². The number of hydrogen-bond acceptors (Lipinski definition) is 4. The van der Waals surface area contributed by atoms with E-state index in [-0.39, 0.29) is 0 Å². The molecule has 3 aromatic rings. The third kappa shape index (κ3) is 4.30. The van der Waals surface area contributed by atoms with Gasteiger partial charge in [0.05, 0.1) is 0 Å². The van der Waals surface area contributed by atoms with E-state index in [0.717, 1.165) is 22.6 Å². The standard InChI is InChI=1S/C19H18N2O2/c1-14-7-6-10-17(11-14)23-18-12-15(2)20-19(21-18)22-13-16-8-4-3-5-9-16/h3-12H,13H2,1-2H3. The monoisotopic (exact) mass is 306 g/mol. The minimum atomic E-state index is 0.316. The highest BCUT2D eigenvalue weighted by atomic mass is 16.5. The molecule has 0 bridgehead atoms. The molecule has 1 aromatic heterocycles. The lowest BCUT2D eigenvalue weighted by Gasteiger charge is -2.09. The van der Waals surface area contributed by atoms with Crippen LogP contribution in [0.3, 0.4) is 0 Å². The first-order valence-electron chi connectivity index (χ1n) is 7.46. The quantitative estimate of drug-likeness (QED) is 0.698. The normalized spacial score (nSPS) is 10.3. The van der Waals surface area contributed by atoms with E-state index < -0.39 is 0 Å². The highest BCUT2D eigenvalue weighted by Gasteiger charge is 2.06. The van der Waals surface area contributed by atoms with Gasteiger partial charge in [-0.25, -0.2) is 4.98 Å². The molecule has 4 nitrogen and oxygen atoms in total. The Morgan fingerprint density at radius 2 is 1.70 bits per heavy atom. The molecule has 0 saturated heterocycles. The molecule has 116 valence electrons. The van der Waals surface area contributed by atoms with Crippen molar-refractivity contribution in [3.8, 4) is 17.6 Å². The zero-order valence-corrected chi connectivity index (χ0v) is 13.2. The molecular formula is C19H18N2O2. The largest absolute Gasteiger partial charge is 0.459 e. The van der Waals surface area contributed by atoms with E-state index >= 15 is 0 Å². The molecule has 0 N–H and O–H groups in total. The summed E-state index contributed by atoms with van der Waals surface area (Å²) in [6.07, 6.45) is 0. The number of aryl methyl sites for hydroxylation is 2. The molecule has 0 spiro atoms.